The Bertz CT molecular complexity index is 408. The molecule has 15 heavy (non-hydrogen) atoms. The third-order valence-corrected chi connectivity index (χ3v) is 3.39. The molecule has 0 saturated heterocycles. The summed E-state index contributed by atoms with van der Waals surface area (Å²) in [5.74, 6) is 0.843. The Kier molecular flexibility index (Phi) is 3.18. The fourth-order valence-corrected chi connectivity index (χ4v) is 2.32. The molecule has 0 aliphatic rings. The van der Waals surface area contributed by atoms with Crippen molar-refractivity contribution >= 4 is 11.3 Å². The van der Waals surface area contributed by atoms with E-state index in [4.69, 9.17) is 4.42 Å². The van der Waals surface area contributed by atoms with Crippen molar-refractivity contribution in [2.45, 2.75) is 19.9 Å². The van der Waals surface area contributed by atoms with E-state index in [0.29, 0.717) is 6.04 Å². The summed E-state index contributed by atoms with van der Waals surface area (Å²) < 4.78 is 5.30. The zero-order chi connectivity index (χ0) is 10.7. The molecule has 0 amide bonds. The maximum atomic E-state index is 5.30. The van der Waals surface area contributed by atoms with E-state index in [0.717, 1.165) is 17.3 Å². The molecule has 2 aromatic rings. The third-order valence-electron chi connectivity index (χ3n) is 2.19. The Hall–Kier alpha value is -1.13. The van der Waals surface area contributed by atoms with Crippen molar-refractivity contribution in [2.75, 3.05) is 6.54 Å². The number of nitrogens with one attached hydrogen (secondary N) is 1. The van der Waals surface area contributed by atoms with Crippen molar-refractivity contribution in [1.29, 1.82) is 0 Å². The molecule has 0 radical (unpaired) electrons. The van der Waals surface area contributed by atoms with Crippen LogP contribution >= 0.6 is 11.3 Å². The van der Waals surface area contributed by atoms with Crippen molar-refractivity contribution in [3.05, 3.63) is 29.5 Å². The van der Waals surface area contributed by atoms with Crippen LogP contribution in [-0.2, 0) is 0 Å². The van der Waals surface area contributed by atoms with Gasteiger partial charge in [-0.05, 0) is 25.6 Å². The highest BCUT2D eigenvalue weighted by atomic mass is 32.1. The van der Waals surface area contributed by atoms with Crippen LogP contribution in [0, 0.1) is 0 Å². The molecule has 2 rings (SSSR count). The highest BCUT2D eigenvalue weighted by Gasteiger charge is 2.11. The molecule has 0 saturated carbocycles. The summed E-state index contributed by atoms with van der Waals surface area (Å²) in [5, 5.41) is 4.30. The van der Waals surface area contributed by atoms with Gasteiger partial charge in [0.25, 0.3) is 0 Å². The number of rotatable bonds is 4. The van der Waals surface area contributed by atoms with E-state index >= 15 is 0 Å². The quantitative estimate of drug-likeness (QED) is 0.864. The Morgan fingerprint density at radius 3 is 3.13 bits per heavy atom. The third kappa shape index (κ3) is 2.27. The maximum absolute atomic E-state index is 5.30. The Balaban J connectivity index is 2.17. The van der Waals surface area contributed by atoms with Gasteiger partial charge in [0.1, 0.15) is 0 Å². The molecule has 80 valence electrons. The molecule has 0 spiro atoms. The van der Waals surface area contributed by atoms with Gasteiger partial charge in [-0.3, -0.25) is 0 Å². The SMILES string of the molecule is CCNC(C)c1cnc(-c2ccco2)s1. The van der Waals surface area contributed by atoms with Gasteiger partial charge in [0.2, 0.25) is 0 Å². The van der Waals surface area contributed by atoms with Crippen LogP contribution in [0.5, 0.6) is 0 Å². The lowest BCUT2D eigenvalue weighted by atomic mass is 10.3. The van der Waals surface area contributed by atoms with E-state index in [1.54, 1.807) is 17.6 Å². The minimum Gasteiger partial charge on any atom is -0.462 e. The zero-order valence-electron chi connectivity index (χ0n) is 8.86. The van der Waals surface area contributed by atoms with E-state index in [1.807, 2.05) is 18.3 Å². The molecule has 2 heterocycles. The predicted molar refractivity (Wildman–Crippen MR) is 61.9 cm³/mol. The lowest BCUT2D eigenvalue weighted by Crippen LogP contribution is -2.16. The maximum Gasteiger partial charge on any atom is 0.162 e. The molecule has 3 nitrogen and oxygen atoms in total. The number of thiazole rings is 1. The molecule has 0 aliphatic heterocycles. The minimum atomic E-state index is 0.358. The van der Waals surface area contributed by atoms with Crippen molar-refractivity contribution in [3.8, 4) is 10.8 Å². The fourth-order valence-electron chi connectivity index (χ4n) is 1.41. The van der Waals surface area contributed by atoms with Gasteiger partial charge in [-0.1, -0.05) is 6.92 Å². The van der Waals surface area contributed by atoms with Crippen LogP contribution in [0.2, 0.25) is 0 Å². The summed E-state index contributed by atoms with van der Waals surface area (Å²) in [6.45, 7) is 5.21. The molecule has 1 N–H and O–H groups in total. The molecule has 0 bridgehead atoms. The first-order chi connectivity index (χ1) is 7.31. The summed E-state index contributed by atoms with van der Waals surface area (Å²) in [7, 11) is 0. The molecule has 0 aromatic carbocycles. The molecular weight excluding hydrogens is 208 g/mol. The number of nitrogens with zero attached hydrogens (tertiary/aromatic N) is 1. The lowest BCUT2D eigenvalue weighted by Gasteiger charge is -2.07. The largest absolute Gasteiger partial charge is 0.462 e. The lowest BCUT2D eigenvalue weighted by molar-refractivity contribution is 0.582. The normalized spacial score (nSPS) is 12.9. The summed E-state index contributed by atoms with van der Waals surface area (Å²) in [6.07, 6.45) is 3.58. The van der Waals surface area contributed by atoms with E-state index in [9.17, 15) is 0 Å². The standard InChI is InChI=1S/C11H14N2OS/c1-3-12-8(2)10-7-13-11(15-10)9-5-4-6-14-9/h4-8,12H,3H2,1-2H3. The van der Waals surface area contributed by atoms with E-state index in [2.05, 4.69) is 24.1 Å². The van der Waals surface area contributed by atoms with Gasteiger partial charge in [0.05, 0.1) is 6.26 Å². The van der Waals surface area contributed by atoms with Gasteiger partial charge < -0.3 is 9.73 Å². The topological polar surface area (TPSA) is 38.1 Å². The molecule has 1 atom stereocenters. The molecule has 0 fully saturated rings. The van der Waals surface area contributed by atoms with Gasteiger partial charge in [0.15, 0.2) is 10.8 Å². The van der Waals surface area contributed by atoms with Crippen LogP contribution < -0.4 is 5.32 Å². The molecule has 2 aromatic heterocycles. The number of hydrogen-bond donors (Lipinski definition) is 1. The average Bonchev–Trinajstić information content (AvgIpc) is 2.89. The van der Waals surface area contributed by atoms with Crippen LogP contribution in [-0.4, -0.2) is 11.5 Å². The number of hydrogen-bond acceptors (Lipinski definition) is 4. The highest BCUT2D eigenvalue weighted by molar-refractivity contribution is 7.15. The molecule has 1 unspecified atom stereocenters. The number of furan rings is 1. The van der Waals surface area contributed by atoms with E-state index < -0.39 is 0 Å². The van der Waals surface area contributed by atoms with Crippen LogP contribution in [0.4, 0.5) is 0 Å². The van der Waals surface area contributed by atoms with Crippen molar-refractivity contribution in [3.63, 3.8) is 0 Å². The van der Waals surface area contributed by atoms with Gasteiger partial charge in [-0.2, -0.15) is 0 Å². The zero-order valence-corrected chi connectivity index (χ0v) is 9.67. The van der Waals surface area contributed by atoms with Gasteiger partial charge in [0, 0.05) is 17.1 Å². The van der Waals surface area contributed by atoms with Gasteiger partial charge in [-0.15, -0.1) is 11.3 Å². The first kappa shape index (κ1) is 10.4. The van der Waals surface area contributed by atoms with Crippen LogP contribution in [0.1, 0.15) is 24.8 Å². The smallest absolute Gasteiger partial charge is 0.162 e. The summed E-state index contributed by atoms with van der Waals surface area (Å²) in [5.41, 5.74) is 0. The second-order valence-electron chi connectivity index (χ2n) is 3.32. The summed E-state index contributed by atoms with van der Waals surface area (Å²) in [6, 6.07) is 4.17. The van der Waals surface area contributed by atoms with Gasteiger partial charge in [-0.25, -0.2) is 4.98 Å². The minimum absolute atomic E-state index is 0.358. The highest BCUT2D eigenvalue weighted by Crippen LogP contribution is 2.28. The van der Waals surface area contributed by atoms with Gasteiger partial charge >= 0.3 is 0 Å². The first-order valence-electron chi connectivity index (χ1n) is 5.04. The van der Waals surface area contributed by atoms with Crippen LogP contribution in [0.15, 0.2) is 29.0 Å². The molecular formula is C11H14N2OS. The first-order valence-corrected chi connectivity index (χ1v) is 5.86. The summed E-state index contributed by atoms with van der Waals surface area (Å²) in [4.78, 5) is 5.59. The average molecular weight is 222 g/mol. The van der Waals surface area contributed by atoms with Crippen LogP contribution in [0.3, 0.4) is 0 Å². The second-order valence-corrected chi connectivity index (χ2v) is 4.39. The summed E-state index contributed by atoms with van der Waals surface area (Å²) >= 11 is 1.67. The van der Waals surface area contributed by atoms with Crippen LogP contribution in [0.25, 0.3) is 10.8 Å². The Morgan fingerprint density at radius 2 is 2.47 bits per heavy atom. The fraction of sp³-hybridized carbons (Fsp3) is 0.364. The van der Waals surface area contributed by atoms with E-state index in [-0.39, 0.29) is 0 Å². The van der Waals surface area contributed by atoms with Crippen molar-refractivity contribution < 1.29 is 4.42 Å². The van der Waals surface area contributed by atoms with Crippen molar-refractivity contribution in [2.24, 2.45) is 0 Å². The second kappa shape index (κ2) is 4.59. The van der Waals surface area contributed by atoms with E-state index in [1.165, 1.54) is 4.88 Å². The monoisotopic (exact) mass is 222 g/mol. The molecule has 0 aliphatic carbocycles. The van der Waals surface area contributed by atoms with Crippen molar-refractivity contribution in [1.82, 2.24) is 10.3 Å². The predicted octanol–water partition coefficient (Wildman–Crippen LogP) is 3.07. The Labute approximate surface area is 93.2 Å². The Morgan fingerprint density at radius 1 is 1.60 bits per heavy atom. The molecule has 4 heteroatoms. The number of aromatic nitrogens is 1.